The van der Waals surface area contributed by atoms with Crippen LogP contribution in [0.5, 0.6) is 0 Å². The van der Waals surface area contributed by atoms with E-state index in [1.807, 2.05) is 0 Å². The molecule has 0 aromatic carbocycles. The Morgan fingerprint density at radius 3 is 1.97 bits per heavy atom. The van der Waals surface area contributed by atoms with Crippen molar-refractivity contribution >= 4 is 11.9 Å². The lowest BCUT2D eigenvalue weighted by Crippen LogP contribution is -2.49. The average Bonchev–Trinajstić information content (AvgIpc) is 2.88. The Morgan fingerprint density at radius 1 is 0.757 bits per heavy atom. The van der Waals surface area contributed by atoms with Crippen LogP contribution in [0, 0.1) is 29.6 Å². The molecule has 8 heteroatoms. The molecule has 0 bridgehead atoms. The van der Waals surface area contributed by atoms with Gasteiger partial charge in [-0.15, -0.1) is 0 Å². The Kier molecular flexibility index (Phi) is 10.7. The molecule has 4 rings (SSSR count). The van der Waals surface area contributed by atoms with Gasteiger partial charge in [0.2, 0.25) is 5.91 Å². The van der Waals surface area contributed by atoms with E-state index in [1.165, 1.54) is 6.42 Å². The van der Waals surface area contributed by atoms with Crippen LogP contribution in [0.25, 0.3) is 0 Å². The first-order chi connectivity index (χ1) is 17.8. The van der Waals surface area contributed by atoms with E-state index in [9.17, 15) is 14.7 Å². The van der Waals surface area contributed by atoms with Crippen molar-refractivity contribution in [2.75, 3.05) is 6.61 Å². The number of hydrogen-bond donors (Lipinski definition) is 4. The lowest BCUT2D eigenvalue weighted by molar-refractivity contribution is -0.254. The van der Waals surface area contributed by atoms with Crippen LogP contribution in [0.15, 0.2) is 0 Å². The summed E-state index contributed by atoms with van der Waals surface area (Å²) < 4.78 is 6.51. The topological polar surface area (TPSA) is 117 Å². The first-order valence-corrected chi connectivity index (χ1v) is 15.0. The SMILES string of the molecule is CC1CCC(COO)C(NC2CCC(OC3CCC(NC(=O)C4CC(C)CCC4C(=O)O)CC3)CC2)C1. The van der Waals surface area contributed by atoms with Crippen LogP contribution in [0.3, 0.4) is 0 Å². The minimum Gasteiger partial charge on any atom is -0.481 e. The molecule has 37 heavy (non-hydrogen) atoms. The molecule has 4 aliphatic carbocycles. The molecule has 0 aromatic heterocycles. The lowest BCUT2D eigenvalue weighted by atomic mass is 9.74. The number of nitrogens with one attached hydrogen (secondary N) is 2. The van der Waals surface area contributed by atoms with Gasteiger partial charge in [-0.1, -0.05) is 20.3 Å². The summed E-state index contributed by atoms with van der Waals surface area (Å²) in [4.78, 5) is 29.1. The zero-order valence-corrected chi connectivity index (χ0v) is 22.9. The zero-order chi connectivity index (χ0) is 26.4. The largest absolute Gasteiger partial charge is 0.481 e. The van der Waals surface area contributed by atoms with Crippen molar-refractivity contribution in [2.45, 2.75) is 134 Å². The van der Waals surface area contributed by atoms with E-state index < -0.39 is 17.8 Å². The van der Waals surface area contributed by atoms with Gasteiger partial charge >= 0.3 is 5.97 Å². The number of rotatable bonds is 9. The molecule has 4 N–H and O–H groups in total. The number of ether oxygens (including phenoxy) is 1. The number of carboxylic acid groups (broad SMARTS) is 1. The summed E-state index contributed by atoms with van der Waals surface area (Å²) in [6.45, 7) is 4.86. The van der Waals surface area contributed by atoms with Crippen molar-refractivity contribution < 1.29 is 29.6 Å². The zero-order valence-electron chi connectivity index (χ0n) is 22.9. The van der Waals surface area contributed by atoms with Crippen LogP contribution in [0.2, 0.25) is 0 Å². The Bertz CT molecular complexity index is 734. The van der Waals surface area contributed by atoms with E-state index in [0.29, 0.717) is 49.5 Å². The minimum absolute atomic E-state index is 0.0608. The van der Waals surface area contributed by atoms with Crippen LogP contribution >= 0.6 is 0 Å². The van der Waals surface area contributed by atoms with Gasteiger partial charge in [0.15, 0.2) is 0 Å². The van der Waals surface area contributed by atoms with Crippen LogP contribution in [0.4, 0.5) is 0 Å². The fourth-order valence-corrected chi connectivity index (χ4v) is 7.50. The lowest BCUT2D eigenvalue weighted by Gasteiger charge is -2.40. The van der Waals surface area contributed by atoms with Gasteiger partial charge in [0, 0.05) is 24.0 Å². The van der Waals surface area contributed by atoms with E-state index in [0.717, 1.165) is 76.5 Å². The highest BCUT2D eigenvalue weighted by atomic mass is 17.1. The molecule has 8 nitrogen and oxygen atoms in total. The van der Waals surface area contributed by atoms with Crippen molar-refractivity contribution in [1.82, 2.24) is 10.6 Å². The Balaban J connectivity index is 1.15. The second kappa shape index (κ2) is 13.7. The molecule has 0 spiro atoms. The maximum atomic E-state index is 12.9. The summed E-state index contributed by atoms with van der Waals surface area (Å²) in [6, 6.07) is 1.07. The number of amides is 1. The number of hydrogen-bond acceptors (Lipinski definition) is 6. The first kappa shape index (κ1) is 28.8. The highest BCUT2D eigenvalue weighted by Crippen LogP contribution is 2.35. The summed E-state index contributed by atoms with van der Waals surface area (Å²) >= 11 is 0. The summed E-state index contributed by atoms with van der Waals surface area (Å²) in [5.41, 5.74) is 0. The highest BCUT2D eigenvalue weighted by Gasteiger charge is 2.39. The molecule has 0 aliphatic heterocycles. The highest BCUT2D eigenvalue weighted by molar-refractivity contribution is 5.85. The fourth-order valence-electron chi connectivity index (χ4n) is 7.50. The van der Waals surface area contributed by atoms with Gasteiger partial charge in [-0.3, -0.25) is 14.8 Å². The van der Waals surface area contributed by atoms with Gasteiger partial charge in [0.05, 0.1) is 30.7 Å². The van der Waals surface area contributed by atoms with Crippen molar-refractivity contribution in [3.05, 3.63) is 0 Å². The average molecular weight is 523 g/mol. The standard InChI is InChI=1S/C29H50N2O6/c1-18-4-14-25(29(33)34)26(15-18)28(32)31-22-8-12-24(13-9-22)37-23-10-6-21(7-11-23)30-27-16-19(2)3-5-20(27)17-36-35/h18-27,30,35H,3-17H2,1-2H3,(H,31,32)(H,33,34). The Morgan fingerprint density at radius 2 is 1.35 bits per heavy atom. The van der Waals surface area contributed by atoms with E-state index in [4.69, 9.17) is 9.99 Å². The third-order valence-corrected chi connectivity index (χ3v) is 9.84. The van der Waals surface area contributed by atoms with E-state index in [2.05, 4.69) is 29.4 Å². The van der Waals surface area contributed by atoms with Gasteiger partial charge in [-0.05, 0) is 95.3 Å². The minimum atomic E-state index is -0.832. The van der Waals surface area contributed by atoms with Crippen molar-refractivity contribution in [1.29, 1.82) is 0 Å². The van der Waals surface area contributed by atoms with E-state index in [1.54, 1.807) is 0 Å². The maximum absolute atomic E-state index is 12.9. The molecular formula is C29H50N2O6. The van der Waals surface area contributed by atoms with Gasteiger partial charge in [0.1, 0.15) is 0 Å². The van der Waals surface area contributed by atoms with Gasteiger partial charge in [0.25, 0.3) is 0 Å². The monoisotopic (exact) mass is 522 g/mol. The van der Waals surface area contributed by atoms with Crippen LogP contribution < -0.4 is 10.6 Å². The van der Waals surface area contributed by atoms with Gasteiger partial charge in [-0.2, -0.15) is 0 Å². The van der Waals surface area contributed by atoms with Gasteiger partial charge in [-0.25, -0.2) is 4.89 Å². The molecule has 6 unspecified atom stereocenters. The van der Waals surface area contributed by atoms with Crippen molar-refractivity contribution in [2.24, 2.45) is 29.6 Å². The van der Waals surface area contributed by atoms with E-state index in [-0.39, 0.29) is 18.1 Å². The summed E-state index contributed by atoms with van der Waals surface area (Å²) in [7, 11) is 0. The Labute approximate surface area is 222 Å². The summed E-state index contributed by atoms with van der Waals surface area (Å²) in [6.07, 6.45) is 14.3. The first-order valence-electron chi connectivity index (χ1n) is 15.0. The number of carbonyl (C=O) groups is 2. The quantitative estimate of drug-likeness (QED) is 0.255. The smallest absolute Gasteiger partial charge is 0.307 e. The Hall–Kier alpha value is -1.22. The normalized spacial score (nSPS) is 41.2. The van der Waals surface area contributed by atoms with Crippen LogP contribution in [-0.2, 0) is 19.2 Å². The second-order valence-corrected chi connectivity index (χ2v) is 12.8. The molecular weight excluding hydrogens is 472 g/mol. The fraction of sp³-hybridized carbons (Fsp3) is 0.931. The second-order valence-electron chi connectivity index (χ2n) is 12.8. The molecule has 4 saturated carbocycles. The third kappa shape index (κ3) is 8.13. The third-order valence-electron chi connectivity index (χ3n) is 9.84. The molecule has 0 saturated heterocycles. The molecule has 1 amide bonds. The molecule has 0 radical (unpaired) electrons. The molecule has 0 heterocycles. The predicted octanol–water partition coefficient (Wildman–Crippen LogP) is 4.76. The van der Waals surface area contributed by atoms with Crippen LogP contribution in [-0.4, -0.2) is 59.2 Å². The van der Waals surface area contributed by atoms with Crippen molar-refractivity contribution in [3.8, 4) is 0 Å². The van der Waals surface area contributed by atoms with E-state index >= 15 is 0 Å². The molecule has 6 atom stereocenters. The predicted molar refractivity (Wildman–Crippen MR) is 141 cm³/mol. The number of carboxylic acids is 1. The molecule has 4 aliphatic rings. The van der Waals surface area contributed by atoms with Gasteiger partial charge < -0.3 is 20.5 Å². The molecule has 4 fully saturated rings. The van der Waals surface area contributed by atoms with Crippen molar-refractivity contribution in [3.63, 3.8) is 0 Å². The summed E-state index contributed by atoms with van der Waals surface area (Å²) in [5, 5.41) is 25.6. The molecule has 212 valence electrons. The number of aliphatic carboxylic acids is 1. The maximum Gasteiger partial charge on any atom is 0.307 e. The summed E-state index contributed by atoms with van der Waals surface area (Å²) in [5.74, 6) is -0.323. The van der Waals surface area contributed by atoms with Crippen LogP contribution in [0.1, 0.15) is 104 Å². The number of carbonyl (C=O) groups excluding carboxylic acids is 1. The molecule has 0 aromatic rings.